The number of carbonyl (C=O) groups is 1. The Morgan fingerprint density at radius 1 is 1.42 bits per heavy atom. The second kappa shape index (κ2) is 5.46. The first kappa shape index (κ1) is 15.9. The molecule has 0 bridgehead atoms. The average molecular weight is 292 g/mol. The molecule has 0 aliphatic carbocycles. The van der Waals surface area contributed by atoms with Crippen molar-refractivity contribution in [3.63, 3.8) is 0 Å². The van der Waals surface area contributed by atoms with Crippen molar-refractivity contribution in [2.45, 2.75) is 45.3 Å². The van der Waals surface area contributed by atoms with Crippen LogP contribution in [0.15, 0.2) is 4.40 Å². The van der Waals surface area contributed by atoms with Gasteiger partial charge in [-0.3, -0.25) is 4.18 Å². The molecule has 0 unspecified atom stereocenters. The Bertz CT molecular complexity index is 478. The number of likely N-dealkylation sites (tertiary alicyclic amines) is 1. The van der Waals surface area contributed by atoms with E-state index in [1.54, 1.807) is 27.8 Å². The van der Waals surface area contributed by atoms with Crippen LogP contribution in [0.4, 0.5) is 0 Å². The standard InChI is InChI=1S/C11H20N2O5S/c1-11(2,3)18-10(14)8-6-7-9(13(8)4)12-19(15,16)17-5/h8H,6-7H2,1-5H3/b12-9-/t8-/m0/s1. The number of esters is 1. The maximum atomic E-state index is 12.0. The summed E-state index contributed by atoms with van der Waals surface area (Å²) in [5.41, 5.74) is -0.573. The van der Waals surface area contributed by atoms with Gasteiger partial charge in [-0.2, -0.15) is 8.42 Å². The fourth-order valence-electron chi connectivity index (χ4n) is 1.74. The maximum absolute atomic E-state index is 12.0. The van der Waals surface area contributed by atoms with E-state index in [-0.39, 0.29) is 5.97 Å². The number of hydrogen-bond donors (Lipinski definition) is 0. The van der Waals surface area contributed by atoms with Gasteiger partial charge in [-0.15, -0.1) is 4.40 Å². The monoisotopic (exact) mass is 292 g/mol. The summed E-state index contributed by atoms with van der Waals surface area (Å²) in [4.78, 5) is 13.5. The van der Waals surface area contributed by atoms with Gasteiger partial charge in [0.05, 0.1) is 7.11 Å². The highest BCUT2D eigenvalue weighted by molar-refractivity contribution is 7.85. The minimum Gasteiger partial charge on any atom is -0.458 e. The van der Waals surface area contributed by atoms with Crippen LogP contribution < -0.4 is 0 Å². The van der Waals surface area contributed by atoms with Gasteiger partial charge in [0.25, 0.3) is 0 Å². The van der Waals surface area contributed by atoms with Crippen molar-refractivity contribution >= 4 is 22.1 Å². The van der Waals surface area contributed by atoms with E-state index < -0.39 is 21.9 Å². The summed E-state index contributed by atoms with van der Waals surface area (Å²) in [7, 11) is -1.27. The summed E-state index contributed by atoms with van der Waals surface area (Å²) < 4.78 is 35.6. The van der Waals surface area contributed by atoms with Crippen LogP contribution in [0.2, 0.25) is 0 Å². The largest absolute Gasteiger partial charge is 0.458 e. The Kier molecular flexibility index (Phi) is 4.57. The Morgan fingerprint density at radius 3 is 2.47 bits per heavy atom. The van der Waals surface area contributed by atoms with Crippen LogP contribution in [-0.2, 0) is 24.0 Å². The number of hydrogen-bond acceptors (Lipinski definition) is 5. The molecule has 7 nitrogen and oxygen atoms in total. The summed E-state index contributed by atoms with van der Waals surface area (Å²) in [6, 6.07) is -0.509. The molecule has 1 saturated heterocycles. The highest BCUT2D eigenvalue weighted by atomic mass is 32.2. The molecule has 0 spiro atoms. The van der Waals surface area contributed by atoms with E-state index in [9.17, 15) is 13.2 Å². The van der Waals surface area contributed by atoms with Crippen molar-refractivity contribution in [3.05, 3.63) is 0 Å². The highest BCUT2D eigenvalue weighted by Crippen LogP contribution is 2.22. The van der Waals surface area contributed by atoms with Crippen molar-refractivity contribution in [2.24, 2.45) is 4.40 Å². The highest BCUT2D eigenvalue weighted by Gasteiger charge is 2.36. The Morgan fingerprint density at radius 2 is 2.00 bits per heavy atom. The number of amidine groups is 1. The smallest absolute Gasteiger partial charge is 0.382 e. The number of rotatable bonds is 3. The Labute approximate surface area is 113 Å². The van der Waals surface area contributed by atoms with Crippen molar-refractivity contribution in [3.8, 4) is 0 Å². The first-order valence-electron chi connectivity index (χ1n) is 5.91. The third-order valence-corrected chi connectivity index (χ3v) is 3.48. The fourth-order valence-corrected chi connectivity index (χ4v) is 2.29. The molecule has 1 heterocycles. The normalized spacial score (nSPS) is 22.9. The molecule has 1 aliphatic rings. The van der Waals surface area contributed by atoms with Gasteiger partial charge in [-0.05, 0) is 27.2 Å². The van der Waals surface area contributed by atoms with Crippen LogP contribution in [0.25, 0.3) is 0 Å². The minimum atomic E-state index is -3.93. The van der Waals surface area contributed by atoms with Crippen LogP contribution >= 0.6 is 0 Å². The minimum absolute atomic E-state index is 0.303. The van der Waals surface area contributed by atoms with Gasteiger partial charge in [0, 0.05) is 13.5 Å². The van der Waals surface area contributed by atoms with Crippen molar-refractivity contribution in [1.82, 2.24) is 4.90 Å². The lowest BCUT2D eigenvalue weighted by molar-refractivity contribution is -0.159. The topological polar surface area (TPSA) is 85.3 Å². The summed E-state index contributed by atoms with van der Waals surface area (Å²) in [6.07, 6.45) is 0.868. The van der Waals surface area contributed by atoms with Gasteiger partial charge in [0.1, 0.15) is 17.5 Å². The van der Waals surface area contributed by atoms with Crippen LogP contribution in [0, 0.1) is 0 Å². The van der Waals surface area contributed by atoms with Crippen molar-refractivity contribution in [1.29, 1.82) is 0 Å². The van der Waals surface area contributed by atoms with Gasteiger partial charge < -0.3 is 9.64 Å². The predicted octanol–water partition coefficient (Wildman–Crippen LogP) is 0.712. The van der Waals surface area contributed by atoms with Crippen LogP contribution in [0.5, 0.6) is 0 Å². The molecule has 1 aliphatic heterocycles. The fraction of sp³-hybridized carbons (Fsp3) is 0.818. The van der Waals surface area contributed by atoms with Gasteiger partial charge in [0.15, 0.2) is 0 Å². The zero-order valence-corrected chi connectivity index (χ0v) is 12.7. The Hall–Kier alpha value is -1.15. The van der Waals surface area contributed by atoms with Crippen LogP contribution in [0.1, 0.15) is 33.6 Å². The summed E-state index contributed by atoms with van der Waals surface area (Å²) in [5, 5.41) is 0. The molecule has 0 aromatic heterocycles. The van der Waals surface area contributed by atoms with Crippen LogP contribution in [0.3, 0.4) is 0 Å². The lowest BCUT2D eigenvalue weighted by Gasteiger charge is -2.25. The molecule has 19 heavy (non-hydrogen) atoms. The van der Waals surface area contributed by atoms with E-state index in [1.807, 2.05) is 0 Å². The molecular weight excluding hydrogens is 272 g/mol. The molecule has 0 N–H and O–H groups in total. The van der Waals surface area contributed by atoms with Gasteiger partial charge >= 0.3 is 16.3 Å². The molecule has 1 fully saturated rings. The molecular formula is C11H20N2O5S. The maximum Gasteiger partial charge on any atom is 0.382 e. The predicted molar refractivity (Wildman–Crippen MR) is 70.0 cm³/mol. The first-order valence-corrected chi connectivity index (χ1v) is 7.27. The third kappa shape index (κ3) is 4.46. The number of ether oxygens (including phenoxy) is 1. The summed E-state index contributed by atoms with van der Waals surface area (Å²) in [5.74, 6) is -0.0762. The molecule has 0 aromatic rings. The van der Waals surface area contributed by atoms with Crippen LogP contribution in [-0.4, -0.2) is 50.9 Å². The zero-order chi connectivity index (χ0) is 14.8. The van der Waals surface area contributed by atoms with E-state index in [0.29, 0.717) is 18.7 Å². The third-order valence-electron chi connectivity index (χ3n) is 2.62. The summed E-state index contributed by atoms with van der Waals surface area (Å²) in [6.45, 7) is 5.35. The Balaban J connectivity index is 2.82. The molecule has 0 amide bonds. The molecule has 1 atom stereocenters. The van der Waals surface area contributed by atoms with E-state index in [2.05, 4.69) is 8.58 Å². The quantitative estimate of drug-likeness (QED) is 0.712. The molecule has 110 valence electrons. The molecule has 8 heteroatoms. The molecule has 0 saturated carbocycles. The summed E-state index contributed by atoms with van der Waals surface area (Å²) >= 11 is 0. The van der Waals surface area contributed by atoms with Gasteiger partial charge in [-0.1, -0.05) is 0 Å². The van der Waals surface area contributed by atoms with E-state index in [0.717, 1.165) is 7.11 Å². The van der Waals surface area contributed by atoms with Crippen molar-refractivity contribution in [2.75, 3.05) is 14.2 Å². The van der Waals surface area contributed by atoms with Crippen molar-refractivity contribution < 1.29 is 22.1 Å². The SMILES string of the molecule is COS(=O)(=O)/N=C1/CC[C@@H](C(=O)OC(C)(C)C)N1C. The first-order chi connectivity index (χ1) is 8.56. The molecule has 0 aromatic carbocycles. The number of carbonyl (C=O) groups excluding carboxylic acids is 1. The molecule has 1 rings (SSSR count). The lowest BCUT2D eigenvalue weighted by atomic mass is 10.1. The number of likely N-dealkylation sites (N-methyl/N-ethyl adjacent to an activating group) is 1. The van der Waals surface area contributed by atoms with Gasteiger partial charge in [-0.25, -0.2) is 4.79 Å². The second-order valence-electron chi connectivity index (χ2n) is 5.30. The van der Waals surface area contributed by atoms with E-state index in [4.69, 9.17) is 4.74 Å². The van der Waals surface area contributed by atoms with E-state index >= 15 is 0 Å². The average Bonchev–Trinajstić information content (AvgIpc) is 2.57. The lowest BCUT2D eigenvalue weighted by Crippen LogP contribution is -2.40. The van der Waals surface area contributed by atoms with Gasteiger partial charge in [0.2, 0.25) is 0 Å². The number of nitrogens with zero attached hydrogens (tertiary/aromatic N) is 2. The molecule has 0 radical (unpaired) electrons. The second-order valence-corrected chi connectivity index (χ2v) is 6.67. The van der Waals surface area contributed by atoms with E-state index in [1.165, 1.54) is 4.90 Å². The zero-order valence-electron chi connectivity index (χ0n) is 11.8.